The molecule has 1 fully saturated rings. The lowest BCUT2D eigenvalue weighted by molar-refractivity contribution is -0.137. The second-order valence-electron chi connectivity index (χ2n) is 6.74. The summed E-state index contributed by atoms with van der Waals surface area (Å²) in [5.41, 5.74) is 1.55. The largest absolute Gasteiger partial charge is 0.497 e. The van der Waals surface area contributed by atoms with E-state index in [1.54, 1.807) is 32.7 Å². The highest BCUT2D eigenvalue weighted by molar-refractivity contribution is 5.79. The lowest BCUT2D eigenvalue weighted by Gasteiger charge is -2.39. The Morgan fingerprint density at radius 2 is 2.00 bits per heavy atom. The molecule has 0 aliphatic carbocycles. The second kappa shape index (κ2) is 8.86. The van der Waals surface area contributed by atoms with Crippen molar-refractivity contribution in [3.8, 4) is 11.5 Å². The van der Waals surface area contributed by atoms with Crippen LogP contribution in [0.25, 0.3) is 0 Å². The number of benzene rings is 1. The maximum absolute atomic E-state index is 13.0. The van der Waals surface area contributed by atoms with E-state index in [-0.39, 0.29) is 11.9 Å². The molecule has 0 unspecified atom stereocenters. The monoisotopic (exact) mass is 370 g/mol. The molecule has 3 rings (SSSR count). The average Bonchev–Trinajstić information content (AvgIpc) is 2.73. The number of aliphatic hydroxyl groups excluding tert-OH is 1. The van der Waals surface area contributed by atoms with Crippen LogP contribution >= 0.6 is 0 Å². The molecule has 1 N–H and O–H groups in total. The van der Waals surface area contributed by atoms with Gasteiger partial charge in [-0.1, -0.05) is 12.1 Å². The molecule has 0 spiro atoms. The predicted octanol–water partition coefficient (Wildman–Crippen LogP) is 2.76. The summed E-state index contributed by atoms with van der Waals surface area (Å²) < 4.78 is 10.5. The van der Waals surface area contributed by atoms with Gasteiger partial charge < -0.3 is 19.5 Å². The SMILES string of the molecule is COc1ccc(CC(=O)N2CCCC[C@@H]2[C@@H](O)c2cnccc2OC)cc1. The molecular formula is C21H26N2O4. The summed E-state index contributed by atoms with van der Waals surface area (Å²) in [6.45, 7) is 0.652. The molecule has 144 valence electrons. The zero-order valence-electron chi connectivity index (χ0n) is 15.8. The van der Waals surface area contributed by atoms with E-state index in [9.17, 15) is 9.90 Å². The highest BCUT2D eigenvalue weighted by Gasteiger charge is 2.34. The van der Waals surface area contributed by atoms with Gasteiger partial charge in [0.15, 0.2) is 0 Å². The van der Waals surface area contributed by atoms with Gasteiger partial charge in [0.05, 0.1) is 26.7 Å². The minimum atomic E-state index is -0.825. The highest BCUT2D eigenvalue weighted by atomic mass is 16.5. The first-order chi connectivity index (χ1) is 13.1. The van der Waals surface area contributed by atoms with Crippen molar-refractivity contribution in [1.82, 2.24) is 9.88 Å². The average molecular weight is 370 g/mol. The third-order valence-corrected chi connectivity index (χ3v) is 5.10. The lowest BCUT2D eigenvalue weighted by atomic mass is 9.92. The van der Waals surface area contributed by atoms with Crippen LogP contribution in [0.5, 0.6) is 11.5 Å². The number of carbonyl (C=O) groups is 1. The smallest absolute Gasteiger partial charge is 0.227 e. The van der Waals surface area contributed by atoms with Crippen molar-refractivity contribution in [3.05, 3.63) is 53.9 Å². The van der Waals surface area contributed by atoms with Crippen LogP contribution in [0.2, 0.25) is 0 Å². The molecule has 1 aliphatic heterocycles. The zero-order chi connectivity index (χ0) is 19.2. The quantitative estimate of drug-likeness (QED) is 0.847. The lowest BCUT2D eigenvalue weighted by Crippen LogP contribution is -2.47. The first kappa shape index (κ1) is 19.2. The summed E-state index contributed by atoms with van der Waals surface area (Å²) in [7, 11) is 3.19. The molecule has 2 atom stereocenters. The third-order valence-electron chi connectivity index (χ3n) is 5.10. The van der Waals surface area contributed by atoms with Crippen LogP contribution in [-0.4, -0.2) is 47.7 Å². The third kappa shape index (κ3) is 4.39. The Balaban J connectivity index is 1.76. The number of piperidine rings is 1. The van der Waals surface area contributed by atoms with Crippen molar-refractivity contribution >= 4 is 5.91 Å². The molecule has 1 aromatic heterocycles. The molecule has 1 aliphatic rings. The number of ether oxygens (including phenoxy) is 2. The predicted molar refractivity (Wildman–Crippen MR) is 102 cm³/mol. The molecule has 1 saturated heterocycles. The van der Waals surface area contributed by atoms with Crippen molar-refractivity contribution in [1.29, 1.82) is 0 Å². The minimum Gasteiger partial charge on any atom is -0.497 e. The molecule has 1 aromatic carbocycles. The molecule has 2 aromatic rings. The van der Waals surface area contributed by atoms with E-state index >= 15 is 0 Å². The van der Waals surface area contributed by atoms with E-state index in [1.807, 2.05) is 29.2 Å². The van der Waals surface area contributed by atoms with Crippen LogP contribution in [0.3, 0.4) is 0 Å². The number of aromatic nitrogens is 1. The Hall–Kier alpha value is -2.60. The van der Waals surface area contributed by atoms with Crippen LogP contribution in [-0.2, 0) is 11.2 Å². The maximum atomic E-state index is 13.0. The Morgan fingerprint density at radius 1 is 1.22 bits per heavy atom. The van der Waals surface area contributed by atoms with Gasteiger partial charge in [0, 0.05) is 24.5 Å². The summed E-state index contributed by atoms with van der Waals surface area (Å²) in [6.07, 6.45) is 5.41. The summed E-state index contributed by atoms with van der Waals surface area (Å²) in [4.78, 5) is 18.9. The van der Waals surface area contributed by atoms with Gasteiger partial charge in [-0.15, -0.1) is 0 Å². The second-order valence-corrected chi connectivity index (χ2v) is 6.74. The number of nitrogens with zero attached hydrogens (tertiary/aromatic N) is 2. The standard InChI is InChI=1S/C21H26N2O4/c1-26-16-8-6-15(7-9-16)13-20(24)23-12-4-3-5-18(23)21(25)17-14-22-11-10-19(17)27-2/h6-11,14,18,21,25H,3-5,12-13H2,1-2H3/t18-,21+/m1/s1. The summed E-state index contributed by atoms with van der Waals surface area (Å²) in [5, 5.41) is 11.0. The minimum absolute atomic E-state index is 0.0202. The summed E-state index contributed by atoms with van der Waals surface area (Å²) in [5.74, 6) is 1.37. The number of carbonyl (C=O) groups excluding carboxylic acids is 1. The molecule has 6 heteroatoms. The van der Waals surface area contributed by atoms with Crippen molar-refractivity contribution < 1.29 is 19.4 Å². The van der Waals surface area contributed by atoms with E-state index in [4.69, 9.17) is 9.47 Å². The Labute approximate surface area is 159 Å². The number of hydrogen-bond acceptors (Lipinski definition) is 5. The van der Waals surface area contributed by atoms with Crippen molar-refractivity contribution in [2.24, 2.45) is 0 Å². The van der Waals surface area contributed by atoms with Crippen LogP contribution in [0.15, 0.2) is 42.7 Å². The number of pyridine rings is 1. The number of hydrogen-bond donors (Lipinski definition) is 1. The van der Waals surface area contributed by atoms with Gasteiger partial charge in [-0.3, -0.25) is 9.78 Å². The van der Waals surface area contributed by atoms with E-state index in [2.05, 4.69) is 4.98 Å². The fourth-order valence-corrected chi connectivity index (χ4v) is 3.62. The van der Waals surface area contributed by atoms with Crippen LogP contribution in [0.1, 0.15) is 36.5 Å². The molecule has 1 amide bonds. The van der Waals surface area contributed by atoms with E-state index in [1.165, 1.54) is 0 Å². The Morgan fingerprint density at radius 3 is 2.70 bits per heavy atom. The van der Waals surface area contributed by atoms with E-state index in [0.717, 1.165) is 30.6 Å². The van der Waals surface area contributed by atoms with Crippen molar-refractivity contribution in [3.63, 3.8) is 0 Å². The molecule has 0 saturated carbocycles. The van der Waals surface area contributed by atoms with Crippen molar-refractivity contribution in [2.75, 3.05) is 20.8 Å². The summed E-state index contributed by atoms with van der Waals surface area (Å²) >= 11 is 0. The molecule has 6 nitrogen and oxygen atoms in total. The number of methoxy groups -OCH3 is 2. The summed E-state index contributed by atoms with van der Waals surface area (Å²) in [6, 6.07) is 8.96. The van der Waals surface area contributed by atoms with E-state index < -0.39 is 6.10 Å². The van der Waals surface area contributed by atoms with Gasteiger partial charge in [0.2, 0.25) is 5.91 Å². The first-order valence-corrected chi connectivity index (χ1v) is 9.22. The number of likely N-dealkylation sites (tertiary alicyclic amines) is 1. The fourth-order valence-electron chi connectivity index (χ4n) is 3.62. The van der Waals surface area contributed by atoms with E-state index in [0.29, 0.717) is 24.3 Å². The number of aliphatic hydroxyl groups is 1. The Bertz CT molecular complexity index is 763. The van der Waals surface area contributed by atoms with Crippen LogP contribution in [0.4, 0.5) is 0 Å². The van der Waals surface area contributed by atoms with Crippen LogP contribution < -0.4 is 9.47 Å². The maximum Gasteiger partial charge on any atom is 0.227 e. The molecule has 27 heavy (non-hydrogen) atoms. The fraction of sp³-hybridized carbons (Fsp3) is 0.429. The zero-order valence-corrected chi connectivity index (χ0v) is 15.8. The molecule has 0 radical (unpaired) electrons. The van der Waals surface area contributed by atoms with Gasteiger partial charge in [-0.05, 0) is 43.0 Å². The van der Waals surface area contributed by atoms with Crippen molar-refractivity contribution in [2.45, 2.75) is 37.8 Å². The van der Waals surface area contributed by atoms with Gasteiger partial charge in [0.25, 0.3) is 0 Å². The Kier molecular flexibility index (Phi) is 6.29. The first-order valence-electron chi connectivity index (χ1n) is 9.22. The number of amides is 1. The molecular weight excluding hydrogens is 344 g/mol. The molecule has 2 heterocycles. The topological polar surface area (TPSA) is 71.9 Å². The highest BCUT2D eigenvalue weighted by Crippen LogP contribution is 2.33. The number of rotatable bonds is 6. The molecule has 0 bridgehead atoms. The van der Waals surface area contributed by atoms with Gasteiger partial charge in [-0.25, -0.2) is 0 Å². The van der Waals surface area contributed by atoms with Crippen LogP contribution in [0, 0.1) is 0 Å². The van der Waals surface area contributed by atoms with Gasteiger partial charge >= 0.3 is 0 Å². The van der Waals surface area contributed by atoms with Gasteiger partial charge in [0.1, 0.15) is 17.6 Å². The van der Waals surface area contributed by atoms with Gasteiger partial charge in [-0.2, -0.15) is 0 Å². The normalized spacial score (nSPS) is 18.0.